The summed E-state index contributed by atoms with van der Waals surface area (Å²) < 4.78 is 0. The van der Waals surface area contributed by atoms with E-state index < -0.39 is 0 Å². The third kappa shape index (κ3) is 4.63. The molecule has 1 aromatic rings. The van der Waals surface area contributed by atoms with E-state index in [-0.39, 0.29) is 6.04 Å². The predicted molar refractivity (Wildman–Crippen MR) is 82.3 cm³/mol. The van der Waals surface area contributed by atoms with E-state index in [9.17, 15) is 0 Å². The summed E-state index contributed by atoms with van der Waals surface area (Å²) in [6.45, 7) is 4.00. The average molecular weight is 260 g/mol. The summed E-state index contributed by atoms with van der Waals surface area (Å²) in [5, 5.41) is 0. The summed E-state index contributed by atoms with van der Waals surface area (Å²) in [5.41, 5.74) is 8.76. The van der Waals surface area contributed by atoms with Gasteiger partial charge in [0.2, 0.25) is 0 Å². The van der Waals surface area contributed by atoms with Gasteiger partial charge in [0.25, 0.3) is 0 Å². The Balaban J connectivity index is 1.90. The summed E-state index contributed by atoms with van der Waals surface area (Å²) in [6, 6.07) is 9.51. The maximum absolute atomic E-state index is 5.83. The van der Waals surface area contributed by atoms with Crippen LogP contribution >= 0.6 is 0 Å². The molecule has 0 saturated heterocycles. The molecule has 1 saturated carbocycles. The first-order valence-corrected chi connectivity index (χ1v) is 7.68. The first-order chi connectivity index (χ1) is 9.15. The van der Waals surface area contributed by atoms with Gasteiger partial charge in [-0.2, -0.15) is 0 Å². The van der Waals surface area contributed by atoms with Gasteiger partial charge in [-0.05, 0) is 43.9 Å². The zero-order valence-corrected chi connectivity index (χ0v) is 12.4. The molecule has 0 radical (unpaired) electrons. The fourth-order valence-electron chi connectivity index (χ4n) is 3.20. The maximum atomic E-state index is 5.83. The Morgan fingerprint density at radius 1 is 1.16 bits per heavy atom. The van der Waals surface area contributed by atoms with Crippen molar-refractivity contribution in [2.75, 3.05) is 13.6 Å². The smallest absolute Gasteiger partial charge is 0.0231 e. The van der Waals surface area contributed by atoms with Crippen LogP contribution in [-0.4, -0.2) is 24.5 Å². The molecule has 1 fully saturated rings. The van der Waals surface area contributed by atoms with Crippen LogP contribution in [0.5, 0.6) is 0 Å². The van der Waals surface area contributed by atoms with E-state index in [0.29, 0.717) is 0 Å². The third-order valence-corrected chi connectivity index (χ3v) is 4.11. The van der Waals surface area contributed by atoms with Crippen LogP contribution in [0.4, 0.5) is 0 Å². The number of nitrogens with zero attached hydrogens (tertiary/aromatic N) is 1. The van der Waals surface area contributed by atoms with Gasteiger partial charge in [0.15, 0.2) is 0 Å². The Bertz CT molecular complexity index is 363. The van der Waals surface area contributed by atoms with Gasteiger partial charge in [0.1, 0.15) is 0 Å². The molecule has 1 aliphatic carbocycles. The largest absolute Gasteiger partial charge is 0.327 e. The first kappa shape index (κ1) is 14.5. The first-order valence-electron chi connectivity index (χ1n) is 7.68. The molecule has 1 aromatic carbocycles. The van der Waals surface area contributed by atoms with Crippen LogP contribution in [-0.2, 0) is 6.54 Å². The topological polar surface area (TPSA) is 29.3 Å². The quantitative estimate of drug-likeness (QED) is 0.878. The number of hydrogen-bond acceptors (Lipinski definition) is 2. The molecule has 1 atom stereocenters. The minimum absolute atomic E-state index is 0.242. The van der Waals surface area contributed by atoms with E-state index in [2.05, 4.69) is 43.1 Å². The normalized spacial score (nSPS) is 18.7. The predicted octanol–water partition coefficient (Wildman–Crippen LogP) is 3.51. The Morgan fingerprint density at radius 3 is 2.37 bits per heavy atom. The molecule has 0 aromatic heterocycles. The van der Waals surface area contributed by atoms with Crippen molar-refractivity contribution in [3.8, 4) is 0 Å². The van der Waals surface area contributed by atoms with Crippen LogP contribution in [0.1, 0.15) is 56.1 Å². The monoisotopic (exact) mass is 260 g/mol. The molecule has 1 unspecified atom stereocenters. The fourth-order valence-corrected chi connectivity index (χ4v) is 3.20. The highest BCUT2D eigenvalue weighted by atomic mass is 15.1. The van der Waals surface area contributed by atoms with Crippen LogP contribution in [0.2, 0.25) is 0 Å². The van der Waals surface area contributed by atoms with E-state index in [1.807, 2.05) is 0 Å². The summed E-state index contributed by atoms with van der Waals surface area (Å²) in [7, 11) is 2.14. The minimum atomic E-state index is 0.242. The van der Waals surface area contributed by atoms with Gasteiger partial charge in [0.05, 0.1) is 0 Å². The van der Waals surface area contributed by atoms with Crippen molar-refractivity contribution in [3.63, 3.8) is 0 Å². The van der Waals surface area contributed by atoms with Crippen LogP contribution in [0.15, 0.2) is 24.3 Å². The van der Waals surface area contributed by atoms with Crippen LogP contribution in [0, 0.1) is 0 Å². The lowest BCUT2D eigenvalue weighted by Crippen LogP contribution is -2.32. The Kier molecular flexibility index (Phi) is 5.41. The molecular formula is C17H28N2. The summed E-state index contributed by atoms with van der Waals surface area (Å²) in [5.74, 6) is 0.810. The molecule has 0 heterocycles. The second-order valence-electron chi connectivity index (χ2n) is 6.25. The van der Waals surface area contributed by atoms with Crippen molar-refractivity contribution in [3.05, 3.63) is 35.4 Å². The van der Waals surface area contributed by atoms with Gasteiger partial charge in [-0.1, -0.05) is 43.5 Å². The fraction of sp³-hybridized carbons (Fsp3) is 0.647. The Hall–Kier alpha value is -0.860. The summed E-state index contributed by atoms with van der Waals surface area (Å²) in [4.78, 5) is 2.29. The number of hydrogen-bond donors (Lipinski definition) is 1. The van der Waals surface area contributed by atoms with Crippen molar-refractivity contribution in [1.29, 1.82) is 0 Å². The molecule has 0 aliphatic heterocycles. The average Bonchev–Trinajstić information content (AvgIpc) is 2.39. The Morgan fingerprint density at radius 2 is 1.79 bits per heavy atom. The van der Waals surface area contributed by atoms with Crippen LogP contribution in [0.3, 0.4) is 0 Å². The standard InChI is InChI=1S/C17H28N2/c1-14(18)12-19(2)13-15-8-10-17(11-9-15)16-6-4-3-5-7-16/h8-11,14,16H,3-7,12-13,18H2,1-2H3. The molecule has 1 aliphatic rings. The van der Waals surface area contributed by atoms with E-state index in [1.54, 1.807) is 5.56 Å². The van der Waals surface area contributed by atoms with Crippen LogP contribution < -0.4 is 5.73 Å². The molecule has 0 spiro atoms. The molecule has 0 bridgehead atoms. The van der Waals surface area contributed by atoms with Gasteiger partial charge in [-0.25, -0.2) is 0 Å². The van der Waals surface area contributed by atoms with Gasteiger partial charge in [-0.15, -0.1) is 0 Å². The molecular weight excluding hydrogens is 232 g/mol. The highest BCUT2D eigenvalue weighted by Crippen LogP contribution is 2.32. The highest BCUT2D eigenvalue weighted by Gasteiger charge is 2.15. The SMILES string of the molecule is CC(N)CN(C)Cc1ccc(C2CCCCC2)cc1. The van der Waals surface area contributed by atoms with Gasteiger partial charge in [0, 0.05) is 19.1 Å². The molecule has 2 rings (SSSR count). The maximum Gasteiger partial charge on any atom is 0.0231 e. The zero-order valence-electron chi connectivity index (χ0n) is 12.4. The highest BCUT2D eigenvalue weighted by molar-refractivity contribution is 5.25. The van der Waals surface area contributed by atoms with E-state index in [0.717, 1.165) is 19.0 Å². The lowest BCUT2D eigenvalue weighted by molar-refractivity contribution is 0.310. The number of likely N-dealkylation sites (N-methyl/N-ethyl adjacent to an activating group) is 1. The molecule has 2 heteroatoms. The molecule has 19 heavy (non-hydrogen) atoms. The number of nitrogens with two attached hydrogens (primary N) is 1. The molecule has 2 N–H and O–H groups in total. The Labute approximate surface area is 118 Å². The van der Waals surface area contributed by atoms with Crippen molar-refractivity contribution < 1.29 is 0 Å². The molecule has 106 valence electrons. The molecule has 0 amide bonds. The minimum Gasteiger partial charge on any atom is -0.327 e. The molecule has 2 nitrogen and oxygen atoms in total. The lowest BCUT2D eigenvalue weighted by atomic mass is 9.84. The van der Waals surface area contributed by atoms with Gasteiger partial charge >= 0.3 is 0 Å². The van der Waals surface area contributed by atoms with Crippen molar-refractivity contribution in [2.24, 2.45) is 5.73 Å². The number of rotatable bonds is 5. The number of benzene rings is 1. The van der Waals surface area contributed by atoms with E-state index in [4.69, 9.17) is 5.73 Å². The van der Waals surface area contributed by atoms with Crippen LogP contribution in [0.25, 0.3) is 0 Å². The van der Waals surface area contributed by atoms with E-state index in [1.165, 1.54) is 37.7 Å². The second kappa shape index (κ2) is 7.06. The van der Waals surface area contributed by atoms with E-state index >= 15 is 0 Å². The summed E-state index contributed by atoms with van der Waals surface area (Å²) in [6.07, 6.45) is 7.00. The van der Waals surface area contributed by atoms with Gasteiger partial charge in [-0.3, -0.25) is 0 Å². The van der Waals surface area contributed by atoms with Crippen molar-refractivity contribution >= 4 is 0 Å². The van der Waals surface area contributed by atoms with Crippen molar-refractivity contribution in [2.45, 2.75) is 57.5 Å². The van der Waals surface area contributed by atoms with Crippen molar-refractivity contribution in [1.82, 2.24) is 4.90 Å². The second-order valence-corrected chi connectivity index (χ2v) is 6.25. The zero-order chi connectivity index (χ0) is 13.7. The third-order valence-electron chi connectivity index (χ3n) is 4.11. The van der Waals surface area contributed by atoms with Gasteiger partial charge < -0.3 is 10.6 Å². The lowest BCUT2D eigenvalue weighted by Gasteiger charge is -2.23. The summed E-state index contributed by atoms with van der Waals surface area (Å²) >= 11 is 0.